The predicted octanol–water partition coefficient (Wildman–Crippen LogP) is 4.56. The second-order valence-electron chi connectivity index (χ2n) is 8.21. The quantitative estimate of drug-likeness (QED) is 0.466. The van der Waals surface area contributed by atoms with Gasteiger partial charge in [-0.25, -0.2) is 4.39 Å². The number of para-hydroxylation sites is 2. The van der Waals surface area contributed by atoms with E-state index >= 15 is 0 Å². The van der Waals surface area contributed by atoms with E-state index in [1.165, 1.54) is 24.8 Å². The van der Waals surface area contributed by atoms with Gasteiger partial charge in [-0.1, -0.05) is 30.3 Å². The Bertz CT molecular complexity index is 1140. The van der Waals surface area contributed by atoms with Crippen LogP contribution in [0, 0.1) is 5.82 Å². The van der Waals surface area contributed by atoms with E-state index in [0.717, 1.165) is 16.4 Å². The van der Waals surface area contributed by atoms with Crippen molar-refractivity contribution in [3.05, 3.63) is 84.7 Å². The number of ether oxygens (including phenoxy) is 1. The second-order valence-corrected chi connectivity index (χ2v) is 9.31. The topological polar surface area (TPSA) is 61.9 Å². The Morgan fingerprint density at radius 2 is 1.54 bits per heavy atom. The lowest BCUT2D eigenvalue weighted by atomic mass is 10.2. The maximum absolute atomic E-state index is 14.1. The minimum atomic E-state index is -0.641. The Morgan fingerprint density at radius 3 is 2.20 bits per heavy atom. The zero-order chi connectivity index (χ0) is 24.6. The molecule has 1 atom stereocenters. The van der Waals surface area contributed by atoms with Gasteiger partial charge in [-0.2, -0.15) is 0 Å². The van der Waals surface area contributed by atoms with Gasteiger partial charge in [0.05, 0.1) is 5.69 Å². The minimum Gasteiger partial charge on any atom is -0.457 e. The lowest BCUT2D eigenvalue weighted by molar-refractivity contribution is -0.135. The van der Waals surface area contributed by atoms with Crippen LogP contribution in [0.25, 0.3) is 0 Å². The largest absolute Gasteiger partial charge is 0.457 e. The van der Waals surface area contributed by atoms with Gasteiger partial charge in [0.25, 0.3) is 0 Å². The van der Waals surface area contributed by atoms with Crippen LogP contribution in [-0.2, 0) is 9.59 Å². The Morgan fingerprint density at radius 1 is 0.914 bits per heavy atom. The molecule has 0 saturated carbocycles. The van der Waals surface area contributed by atoms with Crippen molar-refractivity contribution in [1.29, 1.82) is 0 Å². The molecule has 0 bridgehead atoms. The Labute approximate surface area is 209 Å². The van der Waals surface area contributed by atoms with Crippen LogP contribution in [0.2, 0.25) is 0 Å². The molecular formula is C27H28FN3O3S. The number of nitrogens with one attached hydrogen (secondary N) is 1. The number of benzene rings is 3. The number of rotatable bonds is 8. The molecule has 182 valence electrons. The fourth-order valence-corrected chi connectivity index (χ4v) is 4.84. The average Bonchev–Trinajstić information content (AvgIpc) is 2.88. The zero-order valence-electron chi connectivity index (χ0n) is 19.5. The summed E-state index contributed by atoms with van der Waals surface area (Å²) in [4.78, 5) is 29.7. The van der Waals surface area contributed by atoms with Crippen LogP contribution in [-0.4, -0.2) is 54.7 Å². The van der Waals surface area contributed by atoms with Gasteiger partial charge in [0.1, 0.15) is 23.4 Å². The summed E-state index contributed by atoms with van der Waals surface area (Å²) in [7, 11) is 0. The van der Waals surface area contributed by atoms with Gasteiger partial charge in [0.15, 0.2) is 0 Å². The Kier molecular flexibility index (Phi) is 8.26. The predicted molar refractivity (Wildman–Crippen MR) is 136 cm³/mol. The first-order chi connectivity index (χ1) is 17.0. The molecule has 6 nitrogen and oxygen atoms in total. The molecule has 3 aromatic rings. The van der Waals surface area contributed by atoms with E-state index in [1.807, 2.05) is 59.5 Å². The number of thioether (sulfide) groups is 1. The molecule has 0 radical (unpaired) electrons. The van der Waals surface area contributed by atoms with E-state index in [2.05, 4.69) is 5.32 Å². The Balaban J connectivity index is 1.33. The van der Waals surface area contributed by atoms with Crippen LogP contribution in [0.15, 0.2) is 83.8 Å². The number of anilines is 1. The van der Waals surface area contributed by atoms with E-state index in [4.69, 9.17) is 4.74 Å². The molecular weight excluding hydrogens is 465 g/mol. The van der Waals surface area contributed by atoms with E-state index in [9.17, 15) is 14.0 Å². The molecule has 4 rings (SSSR count). The summed E-state index contributed by atoms with van der Waals surface area (Å²) in [6.45, 7) is 3.43. The van der Waals surface area contributed by atoms with Crippen LogP contribution in [0.1, 0.15) is 6.92 Å². The number of halogens is 1. The van der Waals surface area contributed by atoms with E-state index in [-0.39, 0.29) is 17.6 Å². The number of nitrogens with zero attached hydrogens (tertiary/aromatic N) is 2. The van der Waals surface area contributed by atoms with Crippen molar-refractivity contribution in [1.82, 2.24) is 10.2 Å². The molecule has 1 aliphatic heterocycles. The number of hydrogen-bond donors (Lipinski definition) is 1. The van der Waals surface area contributed by atoms with E-state index < -0.39 is 6.04 Å². The maximum Gasteiger partial charge on any atom is 0.246 e. The standard InChI is InChI=1S/C27H28FN3O3S/c1-20(32)29-25(19-35-23-13-11-22(12-14-23)34-21-7-3-2-4-8-21)27(33)31-17-15-30(16-18-31)26-10-6-5-9-24(26)28/h2-14,25H,15-19H2,1H3,(H,29,32). The average molecular weight is 494 g/mol. The highest BCUT2D eigenvalue weighted by atomic mass is 32.2. The summed E-state index contributed by atoms with van der Waals surface area (Å²) < 4.78 is 19.9. The van der Waals surface area contributed by atoms with Gasteiger partial charge in [-0.15, -0.1) is 11.8 Å². The van der Waals surface area contributed by atoms with Crippen LogP contribution in [0.4, 0.5) is 10.1 Å². The molecule has 1 unspecified atom stereocenters. The first kappa shape index (κ1) is 24.6. The van der Waals surface area contributed by atoms with Crippen molar-refractivity contribution >= 4 is 29.3 Å². The molecule has 1 fully saturated rings. The van der Waals surface area contributed by atoms with Gasteiger partial charge in [-0.3, -0.25) is 9.59 Å². The van der Waals surface area contributed by atoms with E-state index in [1.54, 1.807) is 23.1 Å². The van der Waals surface area contributed by atoms with Crippen LogP contribution in [0.5, 0.6) is 11.5 Å². The van der Waals surface area contributed by atoms with Crippen molar-refractivity contribution in [2.45, 2.75) is 17.9 Å². The monoisotopic (exact) mass is 493 g/mol. The fourth-order valence-electron chi connectivity index (χ4n) is 3.92. The van der Waals surface area contributed by atoms with Gasteiger partial charge in [0, 0.05) is 43.8 Å². The first-order valence-electron chi connectivity index (χ1n) is 11.5. The molecule has 1 heterocycles. The Hall–Kier alpha value is -3.52. The summed E-state index contributed by atoms with van der Waals surface area (Å²) in [6.07, 6.45) is 0. The van der Waals surface area contributed by atoms with Crippen LogP contribution in [0.3, 0.4) is 0 Å². The third-order valence-corrected chi connectivity index (χ3v) is 6.78. The number of piperazine rings is 1. The first-order valence-corrected chi connectivity index (χ1v) is 12.5. The molecule has 0 aromatic heterocycles. The lowest BCUT2D eigenvalue weighted by Crippen LogP contribution is -2.55. The molecule has 3 aromatic carbocycles. The maximum atomic E-state index is 14.1. The van der Waals surface area contributed by atoms with Crippen molar-refractivity contribution in [3.8, 4) is 11.5 Å². The molecule has 1 N–H and O–H groups in total. The minimum absolute atomic E-state index is 0.120. The van der Waals surface area contributed by atoms with Crippen LogP contribution >= 0.6 is 11.8 Å². The molecule has 1 aliphatic rings. The molecule has 1 saturated heterocycles. The number of amides is 2. The summed E-state index contributed by atoms with van der Waals surface area (Å²) in [5, 5.41) is 2.79. The zero-order valence-corrected chi connectivity index (χ0v) is 20.3. The van der Waals surface area contributed by atoms with Gasteiger partial charge in [0.2, 0.25) is 11.8 Å². The number of carbonyl (C=O) groups is 2. The second kappa shape index (κ2) is 11.8. The van der Waals surface area contributed by atoms with Gasteiger partial charge >= 0.3 is 0 Å². The summed E-state index contributed by atoms with van der Waals surface area (Å²) in [5.74, 6) is 1.26. The van der Waals surface area contributed by atoms with Gasteiger partial charge < -0.3 is 19.9 Å². The third-order valence-electron chi connectivity index (χ3n) is 5.68. The smallest absolute Gasteiger partial charge is 0.246 e. The molecule has 35 heavy (non-hydrogen) atoms. The van der Waals surface area contributed by atoms with Crippen molar-refractivity contribution in [2.24, 2.45) is 0 Å². The van der Waals surface area contributed by atoms with E-state index in [0.29, 0.717) is 37.6 Å². The number of carbonyl (C=O) groups excluding carboxylic acids is 2. The van der Waals surface area contributed by atoms with Crippen molar-refractivity contribution in [2.75, 3.05) is 36.8 Å². The third kappa shape index (κ3) is 6.76. The van der Waals surface area contributed by atoms with Gasteiger partial charge in [-0.05, 0) is 48.5 Å². The summed E-state index contributed by atoms with van der Waals surface area (Å²) in [5.41, 5.74) is 0.549. The molecule has 0 spiro atoms. The highest BCUT2D eigenvalue weighted by Crippen LogP contribution is 2.26. The molecule has 8 heteroatoms. The highest BCUT2D eigenvalue weighted by molar-refractivity contribution is 7.99. The highest BCUT2D eigenvalue weighted by Gasteiger charge is 2.29. The number of hydrogen-bond acceptors (Lipinski definition) is 5. The summed E-state index contributed by atoms with van der Waals surface area (Å²) >= 11 is 1.50. The lowest BCUT2D eigenvalue weighted by Gasteiger charge is -2.37. The summed E-state index contributed by atoms with van der Waals surface area (Å²) in [6, 6.07) is 23.2. The van der Waals surface area contributed by atoms with Crippen molar-refractivity contribution in [3.63, 3.8) is 0 Å². The molecule has 2 amide bonds. The molecule has 0 aliphatic carbocycles. The van der Waals surface area contributed by atoms with Crippen LogP contribution < -0.4 is 15.0 Å². The SMILES string of the molecule is CC(=O)NC(CSc1ccc(Oc2ccccc2)cc1)C(=O)N1CCN(c2ccccc2F)CC1. The normalized spacial score (nSPS) is 14.3. The fraction of sp³-hybridized carbons (Fsp3) is 0.259. The van der Waals surface area contributed by atoms with Crippen molar-refractivity contribution < 1.29 is 18.7 Å².